The summed E-state index contributed by atoms with van der Waals surface area (Å²) in [5.41, 5.74) is 1.16. The molecule has 0 aromatic heterocycles. The Bertz CT molecular complexity index is 670. The van der Waals surface area contributed by atoms with Crippen molar-refractivity contribution in [1.29, 1.82) is 0 Å². The summed E-state index contributed by atoms with van der Waals surface area (Å²) in [4.78, 5) is 16.0. The van der Waals surface area contributed by atoms with Gasteiger partial charge in [0.15, 0.2) is 17.5 Å². The van der Waals surface area contributed by atoms with E-state index in [2.05, 4.69) is 34.8 Å². The zero-order valence-corrected chi connectivity index (χ0v) is 19.9. The van der Waals surface area contributed by atoms with Crippen LogP contribution in [-0.4, -0.2) is 51.6 Å². The molecule has 0 spiro atoms. The van der Waals surface area contributed by atoms with Gasteiger partial charge in [0, 0.05) is 26.2 Å². The highest BCUT2D eigenvalue weighted by Crippen LogP contribution is 2.32. The van der Waals surface area contributed by atoms with Gasteiger partial charge in [-0.25, -0.2) is 4.79 Å². The van der Waals surface area contributed by atoms with E-state index in [4.69, 9.17) is 14.2 Å². The summed E-state index contributed by atoms with van der Waals surface area (Å²) in [6.07, 6.45) is 1.29. The van der Waals surface area contributed by atoms with E-state index in [1.165, 1.54) is 0 Å². The lowest BCUT2D eigenvalue weighted by Crippen LogP contribution is -2.48. The van der Waals surface area contributed by atoms with Gasteiger partial charge in [-0.15, -0.1) is 24.0 Å². The maximum absolute atomic E-state index is 11.7. The molecule has 29 heavy (non-hydrogen) atoms. The predicted octanol–water partition coefficient (Wildman–Crippen LogP) is 2.90. The smallest absolute Gasteiger partial charge is 0.407 e. The van der Waals surface area contributed by atoms with Gasteiger partial charge in [-0.2, -0.15) is 0 Å². The molecule has 1 amide bonds. The summed E-state index contributed by atoms with van der Waals surface area (Å²) in [5, 5.41) is 9.47. The minimum atomic E-state index is -0.388. The molecule has 1 aromatic rings. The number of carbonyl (C=O) groups is 1. The molecule has 3 N–H and O–H groups in total. The molecule has 1 aliphatic heterocycles. The number of carbonyl (C=O) groups excluding carboxylic acids is 1. The van der Waals surface area contributed by atoms with Crippen LogP contribution < -0.4 is 25.4 Å². The monoisotopic (exact) mass is 520 g/mol. The van der Waals surface area contributed by atoms with E-state index in [0.717, 1.165) is 36.4 Å². The Morgan fingerprint density at radius 1 is 1.24 bits per heavy atom. The summed E-state index contributed by atoms with van der Waals surface area (Å²) in [6, 6.07) is 5.93. The van der Waals surface area contributed by atoms with Crippen molar-refractivity contribution in [3.05, 3.63) is 23.8 Å². The van der Waals surface area contributed by atoms with Crippen LogP contribution in [0.3, 0.4) is 0 Å². The Balaban J connectivity index is 0.00000420. The first-order valence-corrected chi connectivity index (χ1v) is 9.78. The number of nitrogens with zero attached hydrogens (tertiary/aromatic N) is 1. The van der Waals surface area contributed by atoms with Gasteiger partial charge in [0.1, 0.15) is 0 Å². The number of ether oxygens (including phenoxy) is 3. The lowest BCUT2D eigenvalue weighted by molar-refractivity contribution is 0.146. The largest absolute Gasteiger partial charge is 0.454 e. The number of amides is 1. The van der Waals surface area contributed by atoms with Crippen LogP contribution >= 0.6 is 24.0 Å². The van der Waals surface area contributed by atoms with Crippen LogP contribution in [0, 0.1) is 5.92 Å². The van der Waals surface area contributed by atoms with Crippen molar-refractivity contribution < 1.29 is 19.0 Å². The second-order valence-corrected chi connectivity index (χ2v) is 7.01. The number of guanidine groups is 1. The fourth-order valence-electron chi connectivity index (χ4n) is 2.96. The number of hydrogen-bond donors (Lipinski definition) is 3. The van der Waals surface area contributed by atoms with E-state index in [9.17, 15) is 4.79 Å². The molecule has 0 fully saturated rings. The van der Waals surface area contributed by atoms with Crippen molar-refractivity contribution in [2.75, 3.05) is 33.5 Å². The average molecular weight is 520 g/mol. The van der Waals surface area contributed by atoms with E-state index in [1.807, 2.05) is 18.2 Å². The zero-order chi connectivity index (χ0) is 20.4. The maximum Gasteiger partial charge on any atom is 0.407 e. The quantitative estimate of drug-likeness (QED) is 0.264. The van der Waals surface area contributed by atoms with Crippen LogP contribution in [0.2, 0.25) is 0 Å². The van der Waals surface area contributed by atoms with Crippen LogP contribution in [0.25, 0.3) is 0 Å². The topological polar surface area (TPSA) is 93.2 Å². The van der Waals surface area contributed by atoms with E-state index in [1.54, 1.807) is 14.0 Å². The first kappa shape index (κ1) is 25.1. The number of halogens is 1. The van der Waals surface area contributed by atoms with E-state index < -0.39 is 0 Å². The van der Waals surface area contributed by atoms with Gasteiger partial charge in [-0.1, -0.05) is 19.9 Å². The molecule has 164 valence electrons. The predicted molar refractivity (Wildman–Crippen MR) is 124 cm³/mol. The molecule has 0 saturated carbocycles. The maximum atomic E-state index is 11.7. The van der Waals surface area contributed by atoms with Crippen LogP contribution in [0.4, 0.5) is 4.79 Å². The number of benzene rings is 1. The molecule has 1 aliphatic rings. The van der Waals surface area contributed by atoms with Crippen LogP contribution in [0.15, 0.2) is 23.2 Å². The Hall–Kier alpha value is -1.91. The third-order valence-corrected chi connectivity index (χ3v) is 4.24. The van der Waals surface area contributed by atoms with Gasteiger partial charge in [-0.05, 0) is 43.4 Å². The van der Waals surface area contributed by atoms with E-state index in [0.29, 0.717) is 25.0 Å². The lowest BCUT2D eigenvalue weighted by atomic mass is 10.0. The molecule has 0 bridgehead atoms. The van der Waals surface area contributed by atoms with Crippen molar-refractivity contribution in [3.63, 3.8) is 0 Å². The van der Waals surface area contributed by atoms with Crippen LogP contribution in [-0.2, 0) is 11.2 Å². The molecule has 0 radical (unpaired) electrons. The van der Waals surface area contributed by atoms with Crippen molar-refractivity contribution in [2.45, 2.75) is 39.7 Å². The van der Waals surface area contributed by atoms with Gasteiger partial charge < -0.3 is 30.2 Å². The van der Waals surface area contributed by atoms with Gasteiger partial charge in [0.05, 0.1) is 6.61 Å². The minimum absolute atomic E-state index is 0. The summed E-state index contributed by atoms with van der Waals surface area (Å²) in [5.74, 6) is 2.73. The molecule has 0 saturated heterocycles. The van der Waals surface area contributed by atoms with Gasteiger partial charge in [0.2, 0.25) is 6.79 Å². The van der Waals surface area contributed by atoms with Crippen LogP contribution in [0.5, 0.6) is 11.5 Å². The highest BCUT2D eigenvalue weighted by Gasteiger charge is 2.16. The van der Waals surface area contributed by atoms with Gasteiger partial charge in [-0.3, -0.25) is 4.99 Å². The second-order valence-electron chi connectivity index (χ2n) is 7.01. The molecule has 9 heteroatoms. The summed E-state index contributed by atoms with van der Waals surface area (Å²) < 4.78 is 15.7. The van der Waals surface area contributed by atoms with E-state index in [-0.39, 0.29) is 42.9 Å². The number of aliphatic imine (C=N–C) groups is 1. The minimum Gasteiger partial charge on any atom is -0.454 e. The first-order valence-electron chi connectivity index (χ1n) is 9.78. The SMILES string of the molecule is CCOC(=O)NC(CNC(=NC)NCCc1ccc2c(c1)OCO2)CC(C)C.I. The van der Waals surface area contributed by atoms with Crippen molar-refractivity contribution in [1.82, 2.24) is 16.0 Å². The zero-order valence-electron chi connectivity index (χ0n) is 17.6. The summed E-state index contributed by atoms with van der Waals surface area (Å²) >= 11 is 0. The number of fused-ring (bicyclic) bond motifs is 1. The Morgan fingerprint density at radius 2 is 2.00 bits per heavy atom. The normalized spacial score (nSPS) is 13.5. The molecule has 8 nitrogen and oxygen atoms in total. The molecule has 1 aromatic carbocycles. The summed E-state index contributed by atoms with van der Waals surface area (Å²) in [6.45, 7) is 7.97. The Morgan fingerprint density at radius 3 is 2.69 bits per heavy atom. The molecule has 0 aliphatic carbocycles. The van der Waals surface area contributed by atoms with Gasteiger partial charge >= 0.3 is 6.09 Å². The molecular weight excluding hydrogens is 487 g/mol. The number of nitrogens with one attached hydrogen (secondary N) is 3. The van der Waals surface area contributed by atoms with Crippen molar-refractivity contribution in [2.24, 2.45) is 10.9 Å². The molecule has 1 unspecified atom stereocenters. The number of rotatable bonds is 9. The average Bonchev–Trinajstić information content (AvgIpc) is 3.11. The van der Waals surface area contributed by atoms with E-state index >= 15 is 0 Å². The molecule has 2 rings (SSSR count). The number of hydrogen-bond acceptors (Lipinski definition) is 5. The first-order chi connectivity index (χ1) is 13.5. The lowest BCUT2D eigenvalue weighted by Gasteiger charge is -2.22. The van der Waals surface area contributed by atoms with Crippen LogP contribution in [0.1, 0.15) is 32.8 Å². The Labute approximate surface area is 190 Å². The highest BCUT2D eigenvalue weighted by molar-refractivity contribution is 14.0. The Kier molecular flexibility index (Phi) is 11.6. The third-order valence-electron chi connectivity index (χ3n) is 4.24. The van der Waals surface area contributed by atoms with Crippen molar-refractivity contribution in [3.8, 4) is 11.5 Å². The molecular formula is C20H33IN4O4. The fourth-order valence-corrected chi connectivity index (χ4v) is 2.96. The van der Waals surface area contributed by atoms with Gasteiger partial charge in [0.25, 0.3) is 0 Å². The molecule has 1 atom stereocenters. The fraction of sp³-hybridized carbons (Fsp3) is 0.600. The van der Waals surface area contributed by atoms with Crippen molar-refractivity contribution >= 4 is 36.0 Å². The number of alkyl carbamates (subject to hydrolysis) is 1. The third kappa shape index (κ3) is 8.97. The second kappa shape index (κ2) is 13.3. The molecule has 1 heterocycles. The summed E-state index contributed by atoms with van der Waals surface area (Å²) in [7, 11) is 1.73. The highest BCUT2D eigenvalue weighted by atomic mass is 127. The standard InChI is InChI=1S/C20H32N4O4.HI/c1-5-26-20(25)24-16(10-14(2)3)12-23-19(21-4)22-9-8-15-6-7-17-18(11-15)28-13-27-17;/h6-7,11,14,16H,5,8-10,12-13H2,1-4H3,(H,24,25)(H2,21,22,23);1H.